The predicted octanol–water partition coefficient (Wildman–Crippen LogP) is 2.45. The highest BCUT2D eigenvalue weighted by Crippen LogP contribution is 2.18. The number of imidazole rings is 1. The van der Waals surface area contributed by atoms with Crippen molar-refractivity contribution in [3.8, 4) is 0 Å². The van der Waals surface area contributed by atoms with Crippen molar-refractivity contribution in [3.63, 3.8) is 0 Å². The first-order chi connectivity index (χ1) is 10.8. The van der Waals surface area contributed by atoms with E-state index in [0.29, 0.717) is 6.04 Å². The van der Waals surface area contributed by atoms with Crippen molar-refractivity contribution in [1.29, 1.82) is 0 Å². The first-order valence-electron chi connectivity index (χ1n) is 8.24. The maximum atomic E-state index is 4.66. The van der Waals surface area contributed by atoms with Crippen LogP contribution in [0.4, 0.5) is 0 Å². The Balaban J connectivity index is 1.58. The van der Waals surface area contributed by atoms with Crippen LogP contribution in [-0.4, -0.2) is 34.6 Å². The Morgan fingerprint density at radius 2 is 2.18 bits per heavy atom. The molecule has 5 heteroatoms. The van der Waals surface area contributed by atoms with Gasteiger partial charge in [-0.15, -0.1) is 0 Å². The third kappa shape index (κ3) is 3.59. The van der Waals surface area contributed by atoms with E-state index in [9.17, 15) is 0 Å². The van der Waals surface area contributed by atoms with E-state index in [1.807, 2.05) is 6.07 Å². The summed E-state index contributed by atoms with van der Waals surface area (Å²) in [5.74, 6) is 2.03. The largest absolute Gasteiger partial charge is 0.357 e. The molecule has 0 bridgehead atoms. The van der Waals surface area contributed by atoms with Crippen molar-refractivity contribution in [3.05, 3.63) is 30.1 Å². The molecule has 1 saturated carbocycles. The van der Waals surface area contributed by atoms with Gasteiger partial charge in [0.25, 0.3) is 0 Å². The number of hydrogen-bond donors (Lipinski definition) is 2. The molecule has 1 aromatic heterocycles. The summed E-state index contributed by atoms with van der Waals surface area (Å²) in [5, 5.41) is 6.75. The van der Waals surface area contributed by atoms with Gasteiger partial charge in [-0.2, -0.15) is 0 Å². The molecule has 3 rings (SSSR count). The lowest BCUT2D eigenvalue weighted by molar-refractivity contribution is 0.645. The highest BCUT2D eigenvalue weighted by Gasteiger charge is 2.21. The number of aryl methyl sites for hydroxylation is 2. The van der Waals surface area contributed by atoms with E-state index in [4.69, 9.17) is 0 Å². The Morgan fingerprint density at radius 3 is 2.95 bits per heavy atom. The summed E-state index contributed by atoms with van der Waals surface area (Å²) in [6.45, 7) is 6.86. The van der Waals surface area contributed by atoms with Crippen LogP contribution < -0.4 is 10.6 Å². The van der Waals surface area contributed by atoms with E-state index in [-0.39, 0.29) is 0 Å². The number of rotatable bonds is 6. The monoisotopic (exact) mass is 299 g/mol. The number of fused-ring (bicyclic) bond motifs is 1. The number of hydrogen-bond acceptors (Lipinski definition) is 2. The molecule has 1 aliphatic rings. The minimum absolute atomic E-state index is 0.637. The fourth-order valence-corrected chi connectivity index (χ4v) is 2.64. The summed E-state index contributed by atoms with van der Waals surface area (Å²) in [6.07, 6.45) is 3.55. The van der Waals surface area contributed by atoms with Crippen LogP contribution in [0.5, 0.6) is 0 Å². The lowest BCUT2D eigenvalue weighted by atomic mass is 10.3. The smallest absolute Gasteiger partial charge is 0.191 e. The molecule has 1 aromatic carbocycles. The molecule has 1 fully saturated rings. The summed E-state index contributed by atoms with van der Waals surface area (Å²) in [4.78, 5) is 9.27. The fraction of sp³-hybridized carbons (Fsp3) is 0.529. The van der Waals surface area contributed by atoms with E-state index in [1.165, 1.54) is 18.4 Å². The maximum absolute atomic E-state index is 4.66. The Kier molecular flexibility index (Phi) is 4.61. The number of benzene rings is 1. The standard InChI is InChI=1S/C17H25N5/c1-3-18-17(21-14-9-10-14)19-11-6-12-22-13(2)20-15-7-4-5-8-16(15)22/h4-5,7-8,14H,3,6,9-12H2,1-2H3,(H2,18,19,21). The van der Waals surface area contributed by atoms with Crippen molar-refractivity contribution < 1.29 is 0 Å². The van der Waals surface area contributed by atoms with E-state index in [1.54, 1.807) is 0 Å². The lowest BCUT2D eigenvalue weighted by Gasteiger charge is -2.10. The molecule has 0 saturated heterocycles. The van der Waals surface area contributed by atoms with Gasteiger partial charge in [-0.1, -0.05) is 12.1 Å². The van der Waals surface area contributed by atoms with Crippen LogP contribution in [0.15, 0.2) is 29.3 Å². The lowest BCUT2D eigenvalue weighted by Crippen LogP contribution is -2.38. The van der Waals surface area contributed by atoms with Crippen LogP contribution in [-0.2, 0) is 6.54 Å². The SMILES string of the molecule is CCNC(=NCCCn1c(C)nc2ccccc21)NC1CC1. The molecule has 0 spiro atoms. The summed E-state index contributed by atoms with van der Waals surface area (Å²) >= 11 is 0. The van der Waals surface area contributed by atoms with Gasteiger partial charge in [-0.25, -0.2) is 4.98 Å². The van der Waals surface area contributed by atoms with Gasteiger partial charge in [0.15, 0.2) is 5.96 Å². The van der Waals surface area contributed by atoms with Crippen molar-refractivity contribution in [2.24, 2.45) is 4.99 Å². The Labute approximate surface area is 131 Å². The molecule has 2 N–H and O–H groups in total. The van der Waals surface area contributed by atoms with Gasteiger partial charge in [0.1, 0.15) is 5.82 Å². The van der Waals surface area contributed by atoms with Crippen molar-refractivity contribution in [1.82, 2.24) is 20.2 Å². The van der Waals surface area contributed by atoms with Crippen LogP contribution in [0, 0.1) is 6.92 Å². The highest BCUT2D eigenvalue weighted by molar-refractivity contribution is 5.80. The van der Waals surface area contributed by atoms with Crippen LogP contribution >= 0.6 is 0 Å². The molecular weight excluding hydrogens is 274 g/mol. The van der Waals surface area contributed by atoms with Gasteiger partial charge < -0.3 is 15.2 Å². The average Bonchev–Trinajstić information content (AvgIpc) is 3.26. The van der Waals surface area contributed by atoms with Crippen molar-refractivity contribution >= 4 is 17.0 Å². The first kappa shape index (κ1) is 14.9. The van der Waals surface area contributed by atoms with Gasteiger partial charge >= 0.3 is 0 Å². The molecule has 1 aliphatic carbocycles. The first-order valence-corrected chi connectivity index (χ1v) is 8.24. The van der Waals surface area contributed by atoms with Gasteiger partial charge in [0, 0.05) is 25.7 Å². The molecule has 0 atom stereocenters. The third-order valence-electron chi connectivity index (χ3n) is 3.92. The van der Waals surface area contributed by atoms with Gasteiger partial charge in [-0.05, 0) is 45.2 Å². The summed E-state index contributed by atoms with van der Waals surface area (Å²) < 4.78 is 2.28. The fourth-order valence-electron chi connectivity index (χ4n) is 2.64. The molecule has 118 valence electrons. The number of nitrogens with zero attached hydrogens (tertiary/aromatic N) is 3. The summed E-state index contributed by atoms with van der Waals surface area (Å²) in [5.41, 5.74) is 2.29. The number of nitrogens with one attached hydrogen (secondary N) is 2. The normalized spacial score (nSPS) is 15.3. The minimum atomic E-state index is 0.637. The molecule has 0 amide bonds. The quantitative estimate of drug-likeness (QED) is 0.489. The zero-order valence-electron chi connectivity index (χ0n) is 13.5. The maximum Gasteiger partial charge on any atom is 0.191 e. The number of aromatic nitrogens is 2. The van der Waals surface area contributed by atoms with Crippen LogP contribution in [0.3, 0.4) is 0 Å². The van der Waals surface area contributed by atoms with Gasteiger partial charge in [0.2, 0.25) is 0 Å². The van der Waals surface area contributed by atoms with Crippen LogP contribution in [0.25, 0.3) is 11.0 Å². The molecule has 0 unspecified atom stereocenters. The van der Waals surface area contributed by atoms with Crippen molar-refractivity contribution in [2.45, 2.75) is 45.7 Å². The second-order valence-electron chi connectivity index (χ2n) is 5.83. The second kappa shape index (κ2) is 6.81. The molecule has 22 heavy (non-hydrogen) atoms. The predicted molar refractivity (Wildman–Crippen MR) is 91.2 cm³/mol. The van der Waals surface area contributed by atoms with Gasteiger partial charge in [0.05, 0.1) is 11.0 Å². The Bertz CT molecular complexity index is 654. The molecule has 0 radical (unpaired) electrons. The second-order valence-corrected chi connectivity index (χ2v) is 5.83. The molecule has 0 aliphatic heterocycles. The highest BCUT2D eigenvalue weighted by atomic mass is 15.2. The topological polar surface area (TPSA) is 54.2 Å². The third-order valence-corrected chi connectivity index (χ3v) is 3.92. The average molecular weight is 299 g/mol. The summed E-state index contributed by atoms with van der Waals surface area (Å²) in [6, 6.07) is 8.95. The Hall–Kier alpha value is -2.04. The molecule has 2 aromatic rings. The van der Waals surface area contributed by atoms with Crippen LogP contribution in [0.1, 0.15) is 32.0 Å². The van der Waals surface area contributed by atoms with Crippen LogP contribution in [0.2, 0.25) is 0 Å². The van der Waals surface area contributed by atoms with E-state index in [0.717, 1.165) is 43.4 Å². The molecule has 1 heterocycles. The van der Waals surface area contributed by atoms with E-state index in [2.05, 4.69) is 57.2 Å². The number of aliphatic imine (C=N–C) groups is 1. The zero-order valence-corrected chi connectivity index (χ0v) is 13.5. The van der Waals surface area contributed by atoms with Crippen molar-refractivity contribution in [2.75, 3.05) is 13.1 Å². The van der Waals surface area contributed by atoms with E-state index >= 15 is 0 Å². The van der Waals surface area contributed by atoms with E-state index < -0.39 is 0 Å². The summed E-state index contributed by atoms with van der Waals surface area (Å²) in [7, 11) is 0. The molecular formula is C17H25N5. The minimum Gasteiger partial charge on any atom is -0.357 e. The Morgan fingerprint density at radius 1 is 1.36 bits per heavy atom. The number of guanidine groups is 1. The zero-order chi connectivity index (χ0) is 15.4. The van der Waals surface area contributed by atoms with Gasteiger partial charge in [-0.3, -0.25) is 4.99 Å². The number of para-hydroxylation sites is 2. The molecule has 5 nitrogen and oxygen atoms in total.